The first-order valence-electron chi connectivity index (χ1n) is 6.89. The average molecular weight is 315 g/mol. The summed E-state index contributed by atoms with van der Waals surface area (Å²) < 4.78 is 38.2. The molecule has 1 fully saturated rings. The monoisotopic (exact) mass is 315 g/mol. The topological polar surface area (TPSA) is 60.8 Å². The van der Waals surface area contributed by atoms with Gasteiger partial charge in [0.2, 0.25) is 5.91 Å². The lowest BCUT2D eigenvalue weighted by Gasteiger charge is -2.25. The molecule has 4 nitrogen and oxygen atoms in total. The van der Waals surface area contributed by atoms with E-state index in [1.54, 1.807) is 4.90 Å². The molecule has 1 aromatic rings. The largest absolute Gasteiger partial charge is 0.504 e. The van der Waals surface area contributed by atoms with Crippen LogP contribution in [0.2, 0.25) is 0 Å². The van der Waals surface area contributed by atoms with E-state index in [4.69, 9.17) is 0 Å². The maximum Gasteiger partial charge on any atom is 0.420 e. The molecule has 0 radical (unpaired) electrons. The Morgan fingerprint density at radius 3 is 2.36 bits per heavy atom. The molecule has 0 bridgehead atoms. The van der Waals surface area contributed by atoms with Gasteiger partial charge >= 0.3 is 6.18 Å². The number of benzene rings is 1. The van der Waals surface area contributed by atoms with Gasteiger partial charge in [0.1, 0.15) is 5.56 Å². The van der Waals surface area contributed by atoms with Gasteiger partial charge in [-0.15, -0.1) is 0 Å². The number of amides is 1. The Hall–Kier alpha value is -2.18. The molecule has 1 saturated heterocycles. The van der Waals surface area contributed by atoms with Crippen LogP contribution in [0, 0.1) is 0 Å². The summed E-state index contributed by atoms with van der Waals surface area (Å²) in [4.78, 5) is 13.5. The molecule has 0 aliphatic carbocycles. The van der Waals surface area contributed by atoms with E-state index in [0.717, 1.165) is 25.3 Å². The van der Waals surface area contributed by atoms with Gasteiger partial charge in [0, 0.05) is 19.2 Å². The van der Waals surface area contributed by atoms with Gasteiger partial charge in [-0.2, -0.15) is 13.2 Å². The van der Waals surface area contributed by atoms with E-state index in [2.05, 4.69) is 0 Å². The van der Waals surface area contributed by atoms with Gasteiger partial charge in [-0.3, -0.25) is 4.79 Å². The smallest absolute Gasteiger partial charge is 0.420 e. The van der Waals surface area contributed by atoms with Crippen LogP contribution in [0.1, 0.15) is 30.4 Å². The second-order valence-corrected chi connectivity index (χ2v) is 5.15. The summed E-state index contributed by atoms with van der Waals surface area (Å²) in [5, 5.41) is 18.6. The van der Waals surface area contributed by atoms with Crippen molar-refractivity contribution in [1.82, 2.24) is 4.90 Å². The lowest BCUT2D eigenvalue weighted by Crippen LogP contribution is -2.34. The fraction of sp³-hybridized carbons (Fsp3) is 0.400. The number of carbonyl (C=O) groups excluding carboxylic acids is 1. The molecule has 1 aromatic carbocycles. The van der Waals surface area contributed by atoms with Gasteiger partial charge in [0.05, 0.1) is 0 Å². The molecule has 120 valence electrons. The summed E-state index contributed by atoms with van der Waals surface area (Å²) in [6.45, 7) is 1.27. The number of phenolic OH excluding ortho intramolecular Hbond substituents is 2. The van der Waals surface area contributed by atoms with Crippen LogP contribution in [-0.4, -0.2) is 34.1 Å². The molecule has 2 N–H and O–H groups in total. The van der Waals surface area contributed by atoms with E-state index in [1.165, 1.54) is 12.2 Å². The summed E-state index contributed by atoms with van der Waals surface area (Å²) in [6, 6.07) is 1.67. The van der Waals surface area contributed by atoms with Crippen LogP contribution in [0.5, 0.6) is 11.5 Å². The first-order chi connectivity index (χ1) is 10.3. The van der Waals surface area contributed by atoms with Crippen molar-refractivity contribution in [3.63, 3.8) is 0 Å². The number of likely N-dealkylation sites (tertiary alicyclic amines) is 1. The lowest BCUT2D eigenvalue weighted by atomic mass is 10.1. The number of aromatic hydroxyl groups is 2. The Morgan fingerprint density at radius 1 is 1.14 bits per heavy atom. The van der Waals surface area contributed by atoms with Gasteiger partial charge in [-0.25, -0.2) is 0 Å². The first-order valence-corrected chi connectivity index (χ1v) is 6.89. The molecule has 0 atom stereocenters. The fourth-order valence-corrected chi connectivity index (χ4v) is 2.34. The molecule has 1 aliphatic heterocycles. The minimum atomic E-state index is -4.79. The Balaban J connectivity index is 2.20. The standard InChI is InChI=1S/C15H16F3NO3/c16-15(17,18)11-8-10(9-12(20)14(11)22)4-5-13(21)19-6-2-1-3-7-19/h4-5,8-9,20,22H,1-3,6-7H2. The Morgan fingerprint density at radius 2 is 1.77 bits per heavy atom. The van der Waals surface area contributed by atoms with Crippen molar-refractivity contribution in [3.05, 3.63) is 29.3 Å². The molecular weight excluding hydrogens is 299 g/mol. The molecule has 7 heteroatoms. The molecule has 22 heavy (non-hydrogen) atoms. The summed E-state index contributed by atoms with van der Waals surface area (Å²) in [5.74, 6) is -2.37. The second-order valence-electron chi connectivity index (χ2n) is 5.15. The van der Waals surface area contributed by atoms with Crippen molar-refractivity contribution in [2.45, 2.75) is 25.4 Å². The lowest BCUT2D eigenvalue weighted by molar-refractivity contribution is -0.139. The summed E-state index contributed by atoms with van der Waals surface area (Å²) in [6.07, 6.45) is 0.481. The van der Waals surface area contributed by atoms with Crippen molar-refractivity contribution >= 4 is 12.0 Å². The number of halogens is 3. The molecule has 0 unspecified atom stereocenters. The number of rotatable bonds is 2. The fourth-order valence-electron chi connectivity index (χ4n) is 2.34. The first kappa shape index (κ1) is 16.2. The van der Waals surface area contributed by atoms with Gasteiger partial charge in [-0.05, 0) is 43.0 Å². The maximum atomic E-state index is 12.7. The van der Waals surface area contributed by atoms with Crippen molar-refractivity contribution in [1.29, 1.82) is 0 Å². The van der Waals surface area contributed by atoms with Crippen LogP contribution in [0.4, 0.5) is 13.2 Å². The van der Waals surface area contributed by atoms with Crippen molar-refractivity contribution in [2.75, 3.05) is 13.1 Å². The predicted molar refractivity (Wildman–Crippen MR) is 74.2 cm³/mol. The van der Waals surface area contributed by atoms with E-state index in [1.807, 2.05) is 0 Å². The average Bonchev–Trinajstić information content (AvgIpc) is 2.47. The van der Waals surface area contributed by atoms with Crippen LogP contribution >= 0.6 is 0 Å². The molecule has 1 amide bonds. The van der Waals surface area contributed by atoms with E-state index in [-0.39, 0.29) is 11.5 Å². The number of nitrogens with zero attached hydrogens (tertiary/aromatic N) is 1. The number of alkyl halides is 3. The molecule has 1 heterocycles. The Labute approximate surface area is 125 Å². The third kappa shape index (κ3) is 3.72. The summed E-state index contributed by atoms with van der Waals surface area (Å²) in [7, 11) is 0. The van der Waals surface area contributed by atoms with Crippen LogP contribution in [0.3, 0.4) is 0 Å². The second kappa shape index (κ2) is 6.29. The summed E-state index contributed by atoms with van der Waals surface area (Å²) >= 11 is 0. The number of carbonyl (C=O) groups is 1. The molecule has 1 aliphatic rings. The van der Waals surface area contributed by atoms with Crippen LogP contribution in [0.25, 0.3) is 6.08 Å². The van der Waals surface area contributed by atoms with Crippen LogP contribution < -0.4 is 0 Å². The van der Waals surface area contributed by atoms with Gasteiger partial charge in [0.15, 0.2) is 11.5 Å². The maximum absolute atomic E-state index is 12.7. The highest BCUT2D eigenvalue weighted by atomic mass is 19.4. The third-order valence-electron chi connectivity index (χ3n) is 3.50. The zero-order valence-electron chi connectivity index (χ0n) is 11.7. The Bertz CT molecular complexity index is 590. The van der Waals surface area contributed by atoms with Crippen molar-refractivity contribution in [3.8, 4) is 11.5 Å². The molecule has 0 aromatic heterocycles. The zero-order chi connectivity index (χ0) is 16.3. The van der Waals surface area contributed by atoms with Crippen molar-refractivity contribution in [2.24, 2.45) is 0 Å². The minimum Gasteiger partial charge on any atom is -0.504 e. The molecule has 0 spiro atoms. The number of piperidine rings is 1. The van der Waals surface area contributed by atoms with Crippen LogP contribution in [0.15, 0.2) is 18.2 Å². The van der Waals surface area contributed by atoms with E-state index < -0.39 is 23.2 Å². The van der Waals surface area contributed by atoms with Crippen molar-refractivity contribution < 1.29 is 28.2 Å². The molecule has 2 rings (SSSR count). The third-order valence-corrected chi connectivity index (χ3v) is 3.50. The zero-order valence-corrected chi connectivity index (χ0v) is 11.7. The summed E-state index contributed by atoms with van der Waals surface area (Å²) in [5.41, 5.74) is -1.34. The molecule has 0 saturated carbocycles. The van der Waals surface area contributed by atoms with E-state index in [9.17, 15) is 28.2 Å². The van der Waals surface area contributed by atoms with Crippen LogP contribution in [-0.2, 0) is 11.0 Å². The van der Waals surface area contributed by atoms with Gasteiger partial charge < -0.3 is 15.1 Å². The highest BCUT2D eigenvalue weighted by Gasteiger charge is 2.35. The van der Waals surface area contributed by atoms with E-state index >= 15 is 0 Å². The SMILES string of the molecule is O=C(C=Cc1cc(O)c(O)c(C(F)(F)F)c1)N1CCCCC1. The van der Waals surface area contributed by atoms with Gasteiger partial charge in [0.25, 0.3) is 0 Å². The minimum absolute atomic E-state index is 0.00650. The van der Waals surface area contributed by atoms with Gasteiger partial charge in [-0.1, -0.05) is 0 Å². The normalized spacial score (nSPS) is 16.2. The highest BCUT2D eigenvalue weighted by molar-refractivity contribution is 5.92. The predicted octanol–water partition coefficient (Wildman–Crippen LogP) is 3.14. The number of hydrogen-bond acceptors (Lipinski definition) is 3. The number of phenols is 2. The quantitative estimate of drug-likeness (QED) is 0.651. The highest BCUT2D eigenvalue weighted by Crippen LogP contribution is 2.41. The Kier molecular flexibility index (Phi) is 4.63. The number of hydrogen-bond donors (Lipinski definition) is 2. The molecular formula is C15H16F3NO3. The van der Waals surface area contributed by atoms with E-state index in [0.29, 0.717) is 19.2 Å².